The second kappa shape index (κ2) is 5.95. The molecule has 2 aromatic rings. The Balaban J connectivity index is 2.24. The van der Waals surface area contributed by atoms with Gasteiger partial charge in [0.05, 0.1) is 0 Å². The summed E-state index contributed by atoms with van der Waals surface area (Å²) in [5, 5.41) is 9.64. The van der Waals surface area contributed by atoms with Crippen LogP contribution >= 0.6 is 15.9 Å². The van der Waals surface area contributed by atoms with E-state index in [9.17, 15) is 13.5 Å². The van der Waals surface area contributed by atoms with E-state index in [1.165, 1.54) is 12.1 Å². The van der Waals surface area contributed by atoms with Gasteiger partial charge in [-0.2, -0.15) is 0 Å². The van der Waals surface area contributed by atoms with Crippen molar-refractivity contribution in [2.45, 2.75) is 17.9 Å². The summed E-state index contributed by atoms with van der Waals surface area (Å²) >= 11 is 3.33. The van der Waals surface area contributed by atoms with Gasteiger partial charge in [-0.05, 0) is 36.8 Å². The first-order chi connectivity index (χ1) is 9.40. The minimum atomic E-state index is -3.76. The molecule has 0 bridgehead atoms. The van der Waals surface area contributed by atoms with Crippen molar-refractivity contribution in [2.75, 3.05) is 0 Å². The molecule has 0 heterocycles. The third kappa shape index (κ3) is 3.39. The average Bonchev–Trinajstić information content (AvgIpc) is 2.39. The molecule has 2 rings (SSSR count). The van der Waals surface area contributed by atoms with Crippen LogP contribution in [0.3, 0.4) is 0 Å². The fourth-order valence-electron chi connectivity index (χ4n) is 1.80. The average molecular weight is 356 g/mol. The van der Waals surface area contributed by atoms with Crippen molar-refractivity contribution in [3.63, 3.8) is 0 Å². The van der Waals surface area contributed by atoms with Crippen molar-refractivity contribution in [1.29, 1.82) is 0 Å². The SMILES string of the molecule is CC(NS(=O)(=O)c1ccccc1O)c1ccc(Br)cc1. The Bertz CT molecular complexity index is 699. The fourth-order valence-corrected chi connectivity index (χ4v) is 3.39. The third-order valence-electron chi connectivity index (χ3n) is 2.86. The summed E-state index contributed by atoms with van der Waals surface area (Å²) < 4.78 is 27.9. The van der Waals surface area contributed by atoms with E-state index in [0.717, 1.165) is 10.0 Å². The number of benzene rings is 2. The van der Waals surface area contributed by atoms with Gasteiger partial charge in [0.2, 0.25) is 10.0 Å². The molecule has 1 unspecified atom stereocenters. The van der Waals surface area contributed by atoms with Crippen LogP contribution in [0.5, 0.6) is 5.75 Å². The van der Waals surface area contributed by atoms with E-state index in [1.807, 2.05) is 24.3 Å². The van der Waals surface area contributed by atoms with Crippen molar-refractivity contribution < 1.29 is 13.5 Å². The number of phenolic OH excluding ortho intramolecular Hbond substituents is 1. The van der Waals surface area contributed by atoms with Gasteiger partial charge < -0.3 is 5.11 Å². The van der Waals surface area contributed by atoms with Crippen LogP contribution in [0.25, 0.3) is 0 Å². The quantitative estimate of drug-likeness (QED) is 0.884. The van der Waals surface area contributed by atoms with E-state index >= 15 is 0 Å². The van der Waals surface area contributed by atoms with Gasteiger partial charge in [0.25, 0.3) is 0 Å². The van der Waals surface area contributed by atoms with Gasteiger partial charge in [-0.25, -0.2) is 13.1 Å². The predicted octanol–water partition coefficient (Wildman–Crippen LogP) is 3.19. The second-order valence-corrected chi connectivity index (χ2v) is 6.96. The Morgan fingerprint density at radius 3 is 2.30 bits per heavy atom. The maximum atomic E-state index is 12.2. The number of para-hydroxylation sites is 1. The number of phenols is 1. The van der Waals surface area contributed by atoms with Gasteiger partial charge in [-0.1, -0.05) is 40.2 Å². The lowest BCUT2D eigenvalue weighted by atomic mass is 10.1. The smallest absolute Gasteiger partial charge is 0.244 e. The fraction of sp³-hybridized carbons (Fsp3) is 0.143. The first kappa shape index (κ1) is 15.0. The summed E-state index contributed by atoms with van der Waals surface area (Å²) in [5.74, 6) is -0.261. The van der Waals surface area contributed by atoms with E-state index in [0.29, 0.717) is 0 Å². The summed E-state index contributed by atoms with van der Waals surface area (Å²) in [7, 11) is -3.76. The van der Waals surface area contributed by atoms with Crippen molar-refractivity contribution in [2.24, 2.45) is 0 Å². The van der Waals surface area contributed by atoms with Crippen molar-refractivity contribution in [3.05, 3.63) is 58.6 Å². The zero-order valence-corrected chi connectivity index (χ0v) is 13.1. The number of aromatic hydroxyl groups is 1. The molecule has 2 N–H and O–H groups in total. The van der Waals surface area contributed by atoms with Gasteiger partial charge in [0.15, 0.2) is 0 Å². The molecule has 0 aliphatic rings. The zero-order chi connectivity index (χ0) is 14.8. The summed E-state index contributed by atoms with van der Waals surface area (Å²) in [6.07, 6.45) is 0. The first-order valence-electron chi connectivity index (χ1n) is 5.96. The Morgan fingerprint density at radius 2 is 1.70 bits per heavy atom. The van der Waals surface area contributed by atoms with Crippen LogP contribution in [0.15, 0.2) is 57.9 Å². The van der Waals surface area contributed by atoms with E-state index < -0.39 is 16.1 Å². The lowest BCUT2D eigenvalue weighted by Crippen LogP contribution is -2.26. The first-order valence-corrected chi connectivity index (χ1v) is 8.23. The highest BCUT2D eigenvalue weighted by Crippen LogP contribution is 2.24. The highest BCUT2D eigenvalue weighted by atomic mass is 79.9. The summed E-state index contributed by atoms with van der Waals surface area (Å²) in [5.41, 5.74) is 0.840. The molecule has 4 nitrogen and oxygen atoms in total. The Kier molecular flexibility index (Phi) is 4.47. The standard InChI is InChI=1S/C14H14BrNO3S/c1-10(11-6-8-12(15)9-7-11)16-20(18,19)14-5-3-2-4-13(14)17/h2-10,16-17H,1H3. The minimum Gasteiger partial charge on any atom is -0.507 e. The van der Waals surface area contributed by atoms with E-state index in [-0.39, 0.29) is 10.6 Å². The lowest BCUT2D eigenvalue weighted by Gasteiger charge is -2.15. The van der Waals surface area contributed by atoms with Crippen LogP contribution in [0, 0.1) is 0 Å². The van der Waals surface area contributed by atoms with Gasteiger partial charge in [0, 0.05) is 10.5 Å². The molecule has 0 saturated carbocycles. The normalized spacial score (nSPS) is 13.1. The van der Waals surface area contributed by atoms with Gasteiger partial charge >= 0.3 is 0 Å². The molecule has 0 aliphatic heterocycles. The number of sulfonamides is 1. The third-order valence-corrected chi connectivity index (χ3v) is 4.97. The largest absolute Gasteiger partial charge is 0.507 e. The lowest BCUT2D eigenvalue weighted by molar-refractivity contribution is 0.457. The molecular weight excluding hydrogens is 342 g/mol. The highest BCUT2D eigenvalue weighted by molar-refractivity contribution is 9.10. The number of nitrogens with one attached hydrogen (secondary N) is 1. The molecule has 106 valence electrons. The molecule has 0 amide bonds. The van der Waals surface area contributed by atoms with Gasteiger partial charge in [-0.15, -0.1) is 0 Å². The topological polar surface area (TPSA) is 66.4 Å². The maximum Gasteiger partial charge on any atom is 0.244 e. The van der Waals surface area contributed by atoms with Crippen LogP contribution in [-0.2, 0) is 10.0 Å². The summed E-state index contributed by atoms with van der Waals surface area (Å²) in [4.78, 5) is -0.121. The number of hydrogen-bond donors (Lipinski definition) is 2. The molecule has 0 aromatic heterocycles. The van der Waals surface area contributed by atoms with Crippen molar-refractivity contribution >= 4 is 26.0 Å². The van der Waals surface area contributed by atoms with E-state index in [1.54, 1.807) is 19.1 Å². The van der Waals surface area contributed by atoms with Crippen molar-refractivity contribution in [3.8, 4) is 5.75 Å². The minimum absolute atomic E-state index is 0.121. The molecule has 0 radical (unpaired) electrons. The number of halogens is 1. The molecule has 6 heteroatoms. The molecule has 1 atom stereocenters. The molecule has 0 spiro atoms. The Hall–Kier alpha value is -1.37. The zero-order valence-electron chi connectivity index (χ0n) is 10.7. The summed E-state index contributed by atoms with van der Waals surface area (Å²) in [6.45, 7) is 1.75. The monoisotopic (exact) mass is 355 g/mol. The van der Waals surface area contributed by atoms with Gasteiger partial charge in [0.1, 0.15) is 10.6 Å². The molecule has 2 aromatic carbocycles. The molecule has 0 saturated heterocycles. The maximum absolute atomic E-state index is 12.2. The Morgan fingerprint density at radius 1 is 1.10 bits per heavy atom. The summed E-state index contributed by atoms with van der Waals surface area (Å²) in [6, 6.07) is 12.8. The number of hydrogen-bond acceptors (Lipinski definition) is 3. The van der Waals surface area contributed by atoms with Crippen LogP contribution in [0.2, 0.25) is 0 Å². The van der Waals surface area contributed by atoms with Crippen LogP contribution in [-0.4, -0.2) is 13.5 Å². The van der Waals surface area contributed by atoms with Crippen molar-refractivity contribution in [1.82, 2.24) is 4.72 Å². The van der Waals surface area contributed by atoms with Gasteiger partial charge in [-0.3, -0.25) is 0 Å². The predicted molar refractivity (Wildman–Crippen MR) is 81.0 cm³/mol. The molecule has 20 heavy (non-hydrogen) atoms. The highest BCUT2D eigenvalue weighted by Gasteiger charge is 2.21. The van der Waals surface area contributed by atoms with Crippen LogP contribution < -0.4 is 4.72 Å². The molecule has 0 aliphatic carbocycles. The van der Waals surface area contributed by atoms with E-state index in [2.05, 4.69) is 20.7 Å². The van der Waals surface area contributed by atoms with Crippen LogP contribution in [0.1, 0.15) is 18.5 Å². The second-order valence-electron chi connectivity index (χ2n) is 4.36. The van der Waals surface area contributed by atoms with E-state index in [4.69, 9.17) is 0 Å². The number of rotatable bonds is 4. The Labute approximate surface area is 126 Å². The molecular formula is C14H14BrNO3S. The van der Waals surface area contributed by atoms with Crippen LogP contribution in [0.4, 0.5) is 0 Å². The molecule has 0 fully saturated rings.